The Morgan fingerprint density at radius 2 is 1.02 bits per heavy atom. The molecule has 0 spiro atoms. The number of nitrogen functional groups attached to an aromatic ring is 2. The summed E-state index contributed by atoms with van der Waals surface area (Å²) in [5.41, 5.74) is 23.2. The van der Waals surface area contributed by atoms with E-state index in [1.165, 1.54) is 0 Å². The molecule has 2 aromatic heterocycles. The van der Waals surface area contributed by atoms with Crippen LogP contribution in [0, 0.1) is 40.1 Å². The van der Waals surface area contributed by atoms with Gasteiger partial charge in [-0.05, 0) is 146 Å². The van der Waals surface area contributed by atoms with Crippen LogP contribution in [0.5, 0.6) is 0 Å². The van der Waals surface area contributed by atoms with Crippen LogP contribution in [0.15, 0.2) is 73.1 Å². The molecule has 0 atom stereocenters. The van der Waals surface area contributed by atoms with E-state index in [9.17, 15) is 9.90 Å². The first-order valence-corrected chi connectivity index (χ1v) is 18.8. The number of anilines is 2. The molecule has 8 rings (SSSR count). The molecule has 2 aliphatic carbocycles. The predicted molar refractivity (Wildman–Crippen MR) is 224 cm³/mol. The van der Waals surface area contributed by atoms with Gasteiger partial charge in [-0.1, -0.05) is 0 Å². The Morgan fingerprint density at radius 1 is 0.589 bits per heavy atom. The lowest BCUT2D eigenvalue weighted by Gasteiger charge is -2.27. The molecule has 10 heteroatoms. The van der Waals surface area contributed by atoms with Crippen LogP contribution in [-0.2, 0) is 4.79 Å². The molecule has 0 bridgehead atoms. The lowest BCUT2D eigenvalue weighted by Crippen LogP contribution is -2.20. The lowest BCUT2D eigenvalue weighted by molar-refractivity contribution is -0.120. The van der Waals surface area contributed by atoms with Gasteiger partial charge in [0.15, 0.2) is 22.7 Å². The number of aryl methyl sites for hydroxylation is 2. The van der Waals surface area contributed by atoms with E-state index in [0.29, 0.717) is 58.8 Å². The number of nitrogens with two attached hydrogens (primary N) is 2. The van der Waals surface area contributed by atoms with Crippen molar-refractivity contribution < 1.29 is 9.90 Å². The first-order valence-electron chi connectivity index (χ1n) is 18.8. The van der Waals surface area contributed by atoms with Gasteiger partial charge >= 0.3 is 0 Å². The molecule has 2 fully saturated rings. The van der Waals surface area contributed by atoms with Crippen molar-refractivity contribution in [2.45, 2.75) is 83.4 Å². The molecular formula is C46H42N8O2. The van der Waals surface area contributed by atoms with Crippen molar-refractivity contribution in [1.29, 1.82) is 0 Å². The van der Waals surface area contributed by atoms with Crippen LogP contribution in [-0.4, -0.2) is 26.1 Å². The van der Waals surface area contributed by atoms with Gasteiger partial charge in [0, 0.05) is 70.9 Å². The molecule has 0 aliphatic heterocycles. The van der Waals surface area contributed by atoms with E-state index >= 15 is 0 Å². The highest BCUT2D eigenvalue weighted by Gasteiger charge is 2.25. The van der Waals surface area contributed by atoms with Crippen molar-refractivity contribution >= 4 is 61.7 Å². The Hall–Kier alpha value is -6.85. The van der Waals surface area contributed by atoms with Crippen molar-refractivity contribution in [2.24, 2.45) is 0 Å². The van der Waals surface area contributed by atoms with E-state index in [-0.39, 0.29) is 12.1 Å². The van der Waals surface area contributed by atoms with Crippen LogP contribution >= 0.6 is 0 Å². The number of nitrogens with zero attached hydrogens (tertiary/aromatic N) is 6. The second-order valence-corrected chi connectivity index (χ2v) is 15.0. The summed E-state index contributed by atoms with van der Waals surface area (Å²) in [5, 5.41) is 11.9. The molecule has 4 aromatic carbocycles. The predicted octanol–water partition coefficient (Wildman–Crippen LogP) is 11.8. The largest absolute Gasteiger partial charge is 0.400 e. The number of carbonyl (C=O) groups is 1. The van der Waals surface area contributed by atoms with E-state index < -0.39 is 0 Å². The molecule has 56 heavy (non-hydrogen) atoms. The van der Waals surface area contributed by atoms with E-state index in [1.807, 2.05) is 50.2 Å². The Bertz CT molecular complexity index is 2690. The first kappa shape index (κ1) is 37.5. The van der Waals surface area contributed by atoms with Crippen molar-refractivity contribution in [3.05, 3.63) is 130 Å². The Morgan fingerprint density at radius 3 is 1.43 bits per heavy atom. The molecule has 0 radical (unpaired) electrons. The number of aromatic nitrogens is 2. The van der Waals surface area contributed by atoms with Gasteiger partial charge in [-0.15, -0.1) is 0 Å². The summed E-state index contributed by atoms with van der Waals surface area (Å²) in [5.74, 6) is 0.331. The molecule has 2 aliphatic rings. The molecule has 6 aromatic rings. The van der Waals surface area contributed by atoms with E-state index in [4.69, 9.17) is 37.8 Å². The highest BCUT2D eigenvalue weighted by atomic mass is 16.3. The molecule has 278 valence electrons. The summed E-state index contributed by atoms with van der Waals surface area (Å²) in [7, 11) is 0. The van der Waals surface area contributed by atoms with Crippen molar-refractivity contribution in [2.75, 3.05) is 11.5 Å². The number of hydrogen-bond acceptors (Lipinski definition) is 4. The minimum atomic E-state index is -0.205. The molecule has 2 heterocycles. The number of aliphatic hydroxyl groups is 1. The van der Waals surface area contributed by atoms with Gasteiger partial charge in [0.05, 0.1) is 32.4 Å². The average molecular weight is 739 g/mol. The minimum absolute atomic E-state index is 0.205. The fourth-order valence-corrected chi connectivity index (χ4v) is 8.33. The summed E-state index contributed by atoms with van der Waals surface area (Å²) in [6.45, 7) is 33.6. The summed E-state index contributed by atoms with van der Waals surface area (Å²) in [4.78, 5) is 26.1. The number of Topliss-reactive ketones (excluding diaryl/α,β-unsaturated/α-hetero) is 1. The molecule has 5 N–H and O–H groups in total. The highest BCUT2D eigenvalue weighted by molar-refractivity contribution is 6.01. The lowest BCUT2D eigenvalue weighted by atomic mass is 9.93. The van der Waals surface area contributed by atoms with Crippen molar-refractivity contribution in [1.82, 2.24) is 9.13 Å². The van der Waals surface area contributed by atoms with Gasteiger partial charge in [-0.3, -0.25) is 4.79 Å². The fraction of sp³-hybridized carbons (Fsp3) is 0.283. The fourth-order valence-electron chi connectivity index (χ4n) is 8.33. The summed E-state index contributed by atoms with van der Waals surface area (Å²) < 4.78 is 4.54. The Balaban J connectivity index is 0.000000172. The number of hydrogen-bond donors (Lipinski definition) is 3. The van der Waals surface area contributed by atoms with E-state index in [0.717, 1.165) is 93.7 Å². The zero-order valence-corrected chi connectivity index (χ0v) is 31.5. The standard InChI is InChI=1S/C23H22N4O.C23H20N4O/c2*1-14-8-23-20(12-22(14)26-3)21(15-9-16(24)11-17(10-15)25-2)13-27(23)18-4-6-19(28)7-5-18/h8-13,18-19,28H,4-7,24H2,1H3;8-13,18H,4-7,24H2,1H3. The maximum atomic E-state index is 11.7. The van der Waals surface area contributed by atoms with Crippen LogP contribution < -0.4 is 11.5 Å². The van der Waals surface area contributed by atoms with Gasteiger partial charge < -0.3 is 25.7 Å². The third-order valence-corrected chi connectivity index (χ3v) is 11.3. The molecule has 10 nitrogen and oxygen atoms in total. The smallest absolute Gasteiger partial charge is 0.190 e. The van der Waals surface area contributed by atoms with Crippen molar-refractivity contribution in [3.8, 4) is 22.3 Å². The number of ketones is 1. The zero-order chi connectivity index (χ0) is 39.7. The molecule has 0 amide bonds. The summed E-state index contributed by atoms with van der Waals surface area (Å²) >= 11 is 0. The first-order chi connectivity index (χ1) is 27.0. The van der Waals surface area contributed by atoms with Gasteiger partial charge in [0.1, 0.15) is 5.78 Å². The molecule has 0 saturated heterocycles. The highest BCUT2D eigenvalue weighted by Crippen LogP contribution is 2.43. The van der Waals surface area contributed by atoms with Crippen LogP contribution in [0.3, 0.4) is 0 Å². The summed E-state index contributed by atoms with van der Waals surface area (Å²) in [6, 6.07) is 19.4. The topological polar surface area (TPSA) is 117 Å². The third-order valence-electron chi connectivity index (χ3n) is 11.3. The second-order valence-electron chi connectivity index (χ2n) is 15.0. The van der Waals surface area contributed by atoms with Crippen LogP contribution in [0.4, 0.5) is 34.1 Å². The van der Waals surface area contributed by atoms with Crippen molar-refractivity contribution in [3.63, 3.8) is 0 Å². The van der Waals surface area contributed by atoms with E-state index in [1.54, 1.807) is 12.1 Å². The van der Waals surface area contributed by atoms with Gasteiger partial charge in [-0.2, -0.15) is 0 Å². The maximum absolute atomic E-state index is 11.7. The number of rotatable bonds is 4. The molecule has 2 saturated carbocycles. The molecular weight excluding hydrogens is 697 g/mol. The maximum Gasteiger partial charge on any atom is 0.190 e. The van der Waals surface area contributed by atoms with Crippen LogP contribution in [0.1, 0.15) is 74.6 Å². The number of fused-ring (bicyclic) bond motifs is 2. The normalized spacial score (nSPS) is 17.0. The van der Waals surface area contributed by atoms with Gasteiger partial charge in [-0.25, -0.2) is 19.4 Å². The van der Waals surface area contributed by atoms with Gasteiger partial charge in [0.2, 0.25) is 0 Å². The van der Waals surface area contributed by atoms with Crippen LogP contribution in [0.25, 0.3) is 63.4 Å². The number of carbonyl (C=O) groups excluding carboxylic acids is 1. The Kier molecular flexibility index (Phi) is 10.4. The molecule has 0 unspecified atom stereocenters. The SMILES string of the molecule is [C-]#[N+]c1cc(N)cc(-c2cn(C3CCC(=O)CC3)c3cc(C)c([N+]#[C-])cc23)c1.[C-]#[N+]c1cc(N)cc(-c2cn(C3CCC(O)CC3)c3cc(C)c([N+]#[C-])cc23)c1. The number of aliphatic hydroxyl groups excluding tert-OH is 1. The summed E-state index contributed by atoms with van der Waals surface area (Å²) in [6.07, 6.45) is 10.4. The monoisotopic (exact) mass is 738 g/mol. The quantitative estimate of drug-likeness (QED) is 0.123. The van der Waals surface area contributed by atoms with E-state index in [2.05, 4.69) is 53.0 Å². The second kappa shape index (κ2) is 15.5. The van der Waals surface area contributed by atoms with Gasteiger partial charge in [0.25, 0.3) is 0 Å². The number of benzene rings is 4. The minimum Gasteiger partial charge on any atom is -0.400 e. The Labute approximate surface area is 326 Å². The van der Waals surface area contributed by atoms with Crippen LogP contribution in [0.2, 0.25) is 0 Å². The third kappa shape index (κ3) is 7.32. The zero-order valence-electron chi connectivity index (χ0n) is 31.5. The average Bonchev–Trinajstić information content (AvgIpc) is 3.75.